The Bertz CT molecular complexity index is 993. The van der Waals surface area contributed by atoms with Crippen LogP contribution in [0.1, 0.15) is 48.7 Å². The zero-order chi connectivity index (χ0) is 19.4. The Balaban J connectivity index is 1.88. The summed E-state index contributed by atoms with van der Waals surface area (Å²) < 4.78 is 0. The molecule has 5 heteroatoms. The average Bonchev–Trinajstić information content (AvgIpc) is 2.66. The number of carbonyl (C=O) groups excluding carboxylic acids is 1. The number of aromatic nitrogens is 1. The minimum absolute atomic E-state index is 0.122. The second-order valence-electron chi connectivity index (χ2n) is 7.13. The molecule has 0 spiro atoms. The molecule has 0 aliphatic heterocycles. The molecule has 3 rings (SSSR count). The Morgan fingerprint density at radius 1 is 1.07 bits per heavy atom. The Morgan fingerprint density at radius 3 is 2.48 bits per heavy atom. The lowest BCUT2D eigenvalue weighted by Crippen LogP contribution is -2.32. The zero-order valence-corrected chi connectivity index (χ0v) is 16.2. The molecule has 1 unspecified atom stereocenters. The molecule has 0 bridgehead atoms. The van der Waals surface area contributed by atoms with Crippen LogP contribution in [0.3, 0.4) is 0 Å². The number of hydrogen-bond acceptors (Lipinski definition) is 2. The lowest BCUT2D eigenvalue weighted by Gasteiger charge is -2.20. The molecule has 0 fully saturated rings. The third-order valence-corrected chi connectivity index (χ3v) is 4.90. The highest BCUT2D eigenvalue weighted by Crippen LogP contribution is 2.23. The van der Waals surface area contributed by atoms with Crippen molar-refractivity contribution < 1.29 is 4.79 Å². The largest absolute Gasteiger partial charge is 0.360 e. The molecule has 0 saturated carbocycles. The summed E-state index contributed by atoms with van der Waals surface area (Å²) in [5.74, 6) is 0.145. The van der Waals surface area contributed by atoms with Gasteiger partial charge in [-0.15, -0.1) is 0 Å². The van der Waals surface area contributed by atoms with E-state index < -0.39 is 0 Å². The number of nitrogens with one attached hydrogen (secondary N) is 2. The van der Waals surface area contributed by atoms with E-state index in [1.165, 1.54) is 6.20 Å². The van der Waals surface area contributed by atoms with Gasteiger partial charge in [-0.1, -0.05) is 49.7 Å². The summed E-state index contributed by atoms with van der Waals surface area (Å²) in [6, 6.07) is 14.5. The molecule has 1 aromatic heterocycles. The number of benzene rings is 2. The number of aromatic amines is 1. The average molecular weight is 383 g/mol. The Morgan fingerprint density at radius 2 is 1.78 bits per heavy atom. The van der Waals surface area contributed by atoms with Gasteiger partial charge in [0.25, 0.3) is 5.91 Å². The fraction of sp³-hybridized carbons (Fsp3) is 0.273. The summed E-state index contributed by atoms with van der Waals surface area (Å²) in [5, 5.41) is 4.19. The molecule has 1 heterocycles. The second-order valence-corrected chi connectivity index (χ2v) is 7.56. The SMILES string of the molecule is CC(C)CCC(NC(=O)c1c[nH]c2ccccc2c1=O)c1ccc(Cl)cc1. The number of rotatable bonds is 6. The van der Waals surface area contributed by atoms with Crippen molar-refractivity contribution in [2.75, 3.05) is 0 Å². The second kappa shape index (κ2) is 8.40. The molecule has 1 amide bonds. The van der Waals surface area contributed by atoms with Crippen molar-refractivity contribution in [1.29, 1.82) is 0 Å². The van der Waals surface area contributed by atoms with Gasteiger partial charge in [0.1, 0.15) is 5.56 Å². The minimum atomic E-state index is -0.370. The van der Waals surface area contributed by atoms with E-state index in [2.05, 4.69) is 24.1 Å². The lowest BCUT2D eigenvalue weighted by molar-refractivity contribution is 0.0932. The Labute approximate surface area is 163 Å². The number of pyridine rings is 1. The fourth-order valence-corrected chi connectivity index (χ4v) is 3.22. The normalized spacial score (nSPS) is 12.3. The lowest BCUT2D eigenvalue weighted by atomic mass is 9.97. The van der Waals surface area contributed by atoms with Crippen LogP contribution in [0.2, 0.25) is 5.02 Å². The van der Waals surface area contributed by atoms with E-state index in [1.807, 2.05) is 36.4 Å². The van der Waals surface area contributed by atoms with Gasteiger partial charge in [-0.05, 0) is 48.6 Å². The van der Waals surface area contributed by atoms with E-state index in [-0.39, 0.29) is 22.9 Å². The van der Waals surface area contributed by atoms with Crippen molar-refractivity contribution in [3.63, 3.8) is 0 Å². The van der Waals surface area contributed by atoms with E-state index in [4.69, 9.17) is 11.6 Å². The van der Waals surface area contributed by atoms with Crippen LogP contribution in [0.15, 0.2) is 59.5 Å². The van der Waals surface area contributed by atoms with Crippen LogP contribution in [0, 0.1) is 5.92 Å². The number of halogens is 1. The summed E-state index contributed by atoms with van der Waals surface area (Å²) in [6.07, 6.45) is 3.24. The molecule has 0 aliphatic carbocycles. The topological polar surface area (TPSA) is 62.0 Å². The fourth-order valence-electron chi connectivity index (χ4n) is 3.09. The van der Waals surface area contributed by atoms with Gasteiger partial charge in [0.15, 0.2) is 0 Å². The molecule has 1 atom stereocenters. The predicted octanol–water partition coefficient (Wildman–Crippen LogP) is 5.09. The van der Waals surface area contributed by atoms with Crippen LogP contribution in [0.5, 0.6) is 0 Å². The number of carbonyl (C=O) groups is 1. The predicted molar refractivity (Wildman–Crippen MR) is 110 cm³/mol. The molecular formula is C22H23ClN2O2. The van der Waals surface area contributed by atoms with E-state index in [0.29, 0.717) is 21.8 Å². The van der Waals surface area contributed by atoms with Crippen molar-refractivity contribution in [3.05, 3.63) is 81.1 Å². The first-order valence-corrected chi connectivity index (χ1v) is 9.50. The molecule has 0 aliphatic rings. The summed E-state index contributed by atoms with van der Waals surface area (Å²) >= 11 is 5.99. The van der Waals surface area contributed by atoms with E-state index in [9.17, 15) is 9.59 Å². The first kappa shape index (κ1) is 19.2. The molecule has 140 valence electrons. The molecule has 2 aromatic carbocycles. The monoisotopic (exact) mass is 382 g/mol. The van der Waals surface area contributed by atoms with Gasteiger partial charge in [0.05, 0.1) is 6.04 Å². The molecule has 3 aromatic rings. The van der Waals surface area contributed by atoms with Crippen molar-refractivity contribution in [2.24, 2.45) is 5.92 Å². The highest BCUT2D eigenvalue weighted by atomic mass is 35.5. The number of para-hydroxylation sites is 1. The van der Waals surface area contributed by atoms with Crippen molar-refractivity contribution in [2.45, 2.75) is 32.7 Å². The molecular weight excluding hydrogens is 360 g/mol. The van der Waals surface area contributed by atoms with Crippen molar-refractivity contribution >= 4 is 28.4 Å². The first-order valence-electron chi connectivity index (χ1n) is 9.12. The third kappa shape index (κ3) is 4.58. The summed E-state index contributed by atoms with van der Waals surface area (Å²) in [6.45, 7) is 4.30. The number of hydrogen-bond donors (Lipinski definition) is 2. The van der Waals surface area contributed by atoms with Crippen LogP contribution >= 0.6 is 11.6 Å². The van der Waals surface area contributed by atoms with Crippen LogP contribution in [-0.4, -0.2) is 10.9 Å². The van der Waals surface area contributed by atoms with Crippen LogP contribution in [0.25, 0.3) is 10.9 Å². The molecule has 27 heavy (non-hydrogen) atoms. The Kier molecular flexibility index (Phi) is 5.97. The van der Waals surface area contributed by atoms with E-state index in [1.54, 1.807) is 12.1 Å². The van der Waals surface area contributed by atoms with Crippen LogP contribution in [0.4, 0.5) is 0 Å². The smallest absolute Gasteiger partial charge is 0.257 e. The van der Waals surface area contributed by atoms with Gasteiger partial charge in [-0.25, -0.2) is 0 Å². The summed E-state index contributed by atoms with van der Waals surface area (Å²) in [5.41, 5.74) is 1.55. The quantitative estimate of drug-likeness (QED) is 0.623. The maximum atomic E-state index is 12.8. The third-order valence-electron chi connectivity index (χ3n) is 4.64. The summed E-state index contributed by atoms with van der Waals surface area (Å²) in [7, 11) is 0. The summed E-state index contributed by atoms with van der Waals surface area (Å²) in [4.78, 5) is 28.6. The van der Waals surface area contributed by atoms with Crippen molar-refractivity contribution in [1.82, 2.24) is 10.3 Å². The van der Waals surface area contributed by atoms with E-state index in [0.717, 1.165) is 18.4 Å². The molecule has 0 saturated heterocycles. The standard InChI is InChI=1S/C22H23ClN2O2/c1-14(2)7-12-19(15-8-10-16(23)11-9-15)25-22(27)18-13-24-20-6-4-3-5-17(20)21(18)26/h3-6,8-11,13-14,19H,7,12H2,1-2H3,(H,24,26)(H,25,27). The first-order chi connectivity index (χ1) is 13.0. The highest BCUT2D eigenvalue weighted by Gasteiger charge is 2.19. The van der Waals surface area contributed by atoms with Gasteiger partial charge < -0.3 is 10.3 Å². The van der Waals surface area contributed by atoms with Gasteiger partial charge in [0, 0.05) is 22.1 Å². The molecule has 0 radical (unpaired) electrons. The molecule has 2 N–H and O–H groups in total. The van der Waals surface area contributed by atoms with Crippen LogP contribution in [-0.2, 0) is 0 Å². The molecule has 4 nitrogen and oxygen atoms in total. The van der Waals surface area contributed by atoms with Gasteiger partial charge in [-0.3, -0.25) is 9.59 Å². The van der Waals surface area contributed by atoms with Gasteiger partial charge >= 0.3 is 0 Å². The highest BCUT2D eigenvalue weighted by molar-refractivity contribution is 6.30. The maximum Gasteiger partial charge on any atom is 0.257 e. The van der Waals surface area contributed by atoms with Crippen molar-refractivity contribution in [3.8, 4) is 0 Å². The van der Waals surface area contributed by atoms with E-state index >= 15 is 0 Å². The van der Waals surface area contributed by atoms with Gasteiger partial charge in [0.2, 0.25) is 5.43 Å². The minimum Gasteiger partial charge on any atom is -0.360 e. The number of amides is 1. The maximum absolute atomic E-state index is 12.8. The Hall–Kier alpha value is -2.59. The number of H-pyrrole nitrogens is 1. The zero-order valence-electron chi connectivity index (χ0n) is 15.5. The number of fused-ring (bicyclic) bond motifs is 1. The van der Waals surface area contributed by atoms with Crippen LogP contribution < -0.4 is 10.7 Å². The van der Waals surface area contributed by atoms with Gasteiger partial charge in [-0.2, -0.15) is 0 Å².